The summed E-state index contributed by atoms with van der Waals surface area (Å²) in [5.41, 5.74) is 6.57. The zero-order valence-corrected chi connectivity index (χ0v) is 12.4. The van der Waals surface area contributed by atoms with Gasteiger partial charge < -0.3 is 10.6 Å². The van der Waals surface area contributed by atoms with E-state index >= 15 is 0 Å². The van der Waals surface area contributed by atoms with E-state index in [4.69, 9.17) is 10.6 Å². The number of amidine groups is 1. The highest BCUT2D eigenvalue weighted by Crippen LogP contribution is 2.16. The number of carbonyl (C=O) groups excluding carboxylic acids is 1. The van der Waals surface area contributed by atoms with E-state index in [2.05, 4.69) is 26.2 Å². The fourth-order valence-corrected chi connectivity index (χ4v) is 1.97. The monoisotopic (exact) mass is 336 g/mol. The molecule has 104 valence electrons. The number of nitrogens with zero attached hydrogens (tertiary/aromatic N) is 3. The summed E-state index contributed by atoms with van der Waals surface area (Å²) in [6, 6.07) is 9.04. The van der Waals surface area contributed by atoms with Gasteiger partial charge in [0.1, 0.15) is 0 Å². The third-order valence-corrected chi connectivity index (χ3v) is 3.11. The Bertz CT molecular complexity index is 637. The van der Waals surface area contributed by atoms with Crippen LogP contribution in [-0.2, 0) is 11.4 Å². The normalized spacial score (nSPS) is 11.4. The van der Waals surface area contributed by atoms with E-state index < -0.39 is 5.97 Å². The van der Waals surface area contributed by atoms with E-state index in [9.17, 15) is 4.79 Å². The molecule has 0 spiro atoms. The maximum absolute atomic E-state index is 11.8. The molecule has 0 amide bonds. The summed E-state index contributed by atoms with van der Waals surface area (Å²) in [5, 5.41) is 7.69. The number of aromatic nitrogens is 2. The van der Waals surface area contributed by atoms with E-state index in [1.165, 1.54) is 0 Å². The number of benzene rings is 1. The van der Waals surface area contributed by atoms with Crippen molar-refractivity contribution in [2.75, 3.05) is 0 Å². The molecule has 0 saturated heterocycles. The molecule has 0 aliphatic carbocycles. The Morgan fingerprint density at radius 3 is 2.75 bits per heavy atom. The van der Waals surface area contributed by atoms with Crippen molar-refractivity contribution >= 4 is 27.7 Å². The summed E-state index contributed by atoms with van der Waals surface area (Å²) in [4.78, 5) is 16.6. The van der Waals surface area contributed by atoms with Gasteiger partial charge in [-0.2, -0.15) is 5.10 Å². The third-order valence-electron chi connectivity index (χ3n) is 2.53. The molecule has 7 heteroatoms. The van der Waals surface area contributed by atoms with Crippen LogP contribution >= 0.6 is 15.9 Å². The lowest BCUT2D eigenvalue weighted by molar-refractivity contribution is 0.0507. The van der Waals surface area contributed by atoms with E-state index in [-0.39, 0.29) is 11.5 Å². The Hall–Kier alpha value is -2.15. The Morgan fingerprint density at radius 2 is 2.15 bits per heavy atom. The highest BCUT2D eigenvalue weighted by molar-refractivity contribution is 9.10. The van der Waals surface area contributed by atoms with Gasteiger partial charge in [0.15, 0.2) is 11.5 Å². The standard InChI is InChI=1S/C13H13BrN4O2/c1-2-18-8-10(14)11(16-18)13(19)20-17-12(15)9-6-4-3-5-7-9/h3-8H,2H2,1H3,(H2,15,17). The summed E-state index contributed by atoms with van der Waals surface area (Å²) < 4.78 is 2.17. The van der Waals surface area contributed by atoms with Gasteiger partial charge in [-0.15, -0.1) is 0 Å². The average Bonchev–Trinajstić information content (AvgIpc) is 2.86. The molecule has 0 radical (unpaired) electrons. The molecule has 6 nitrogen and oxygen atoms in total. The molecule has 0 saturated carbocycles. The van der Waals surface area contributed by atoms with Gasteiger partial charge in [-0.05, 0) is 22.9 Å². The van der Waals surface area contributed by atoms with Crippen molar-refractivity contribution in [2.45, 2.75) is 13.5 Å². The predicted octanol–water partition coefficient (Wildman–Crippen LogP) is 2.14. The van der Waals surface area contributed by atoms with E-state index in [0.29, 0.717) is 16.6 Å². The van der Waals surface area contributed by atoms with Crippen LogP contribution in [0.4, 0.5) is 0 Å². The van der Waals surface area contributed by atoms with E-state index in [0.717, 1.165) is 0 Å². The Labute approximate surface area is 124 Å². The van der Waals surface area contributed by atoms with Crippen molar-refractivity contribution in [3.8, 4) is 0 Å². The number of rotatable bonds is 4. The number of carbonyl (C=O) groups is 1. The molecule has 1 heterocycles. The number of hydrogen-bond acceptors (Lipinski definition) is 4. The predicted molar refractivity (Wildman–Crippen MR) is 78.2 cm³/mol. The van der Waals surface area contributed by atoms with Crippen molar-refractivity contribution in [1.29, 1.82) is 0 Å². The molecule has 0 aliphatic rings. The first kappa shape index (κ1) is 14.3. The summed E-state index contributed by atoms with van der Waals surface area (Å²) >= 11 is 3.25. The van der Waals surface area contributed by atoms with Crippen molar-refractivity contribution in [1.82, 2.24) is 9.78 Å². The first-order valence-corrected chi connectivity index (χ1v) is 6.74. The van der Waals surface area contributed by atoms with Crippen LogP contribution in [0.15, 0.2) is 46.2 Å². The van der Waals surface area contributed by atoms with E-state index in [1.54, 1.807) is 23.0 Å². The van der Waals surface area contributed by atoms with E-state index in [1.807, 2.05) is 25.1 Å². The van der Waals surface area contributed by atoms with Gasteiger partial charge in [-0.1, -0.05) is 35.5 Å². The number of halogens is 1. The zero-order valence-electron chi connectivity index (χ0n) is 10.8. The lowest BCUT2D eigenvalue weighted by Gasteiger charge is -1.99. The minimum absolute atomic E-state index is 0.130. The van der Waals surface area contributed by atoms with Crippen molar-refractivity contribution < 1.29 is 9.63 Å². The summed E-state index contributed by atoms with van der Waals surface area (Å²) in [7, 11) is 0. The number of nitrogens with two attached hydrogens (primary N) is 1. The lowest BCUT2D eigenvalue weighted by atomic mass is 10.2. The van der Waals surface area contributed by atoms with Crippen molar-refractivity contribution in [2.24, 2.45) is 10.9 Å². The number of oxime groups is 1. The molecule has 1 aromatic carbocycles. The minimum Gasteiger partial charge on any atom is -0.380 e. The topological polar surface area (TPSA) is 82.5 Å². The van der Waals surface area contributed by atoms with Crippen molar-refractivity contribution in [3.05, 3.63) is 52.3 Å². The Balaban J connectivity index is 2.10. The molecule has 2 aromatic rings. The van der Waals surface area contributed by atoms with Crippen LogP contribution in [-0.4, -0.2) is 21.6 Å². The van der Waals surface area contributed by atoms with Crippen molar-refractivity contribution in [3.63, 3.8) is 0 Å². The minimum atomic E-state index is -0.664. The fourth-order valence-electron chi connectivity index (χ4n) is 1.49. The molecule has 0 fully saturated rings. The molecule has 1 aromatic heterocycles. The molecular weight excluding hydrogens is 324 g/mol. The first-order chi connectivity index (χ1) is 9.61. The largest absolute Gasteiger partial charge is 0.387 e. The van der Waals surface area contributed by atoms with Gasteiger partial charge in [-0.25, -0.2) is 4.79 Å². The lowest BCUT2D eigenvalue weighted by Crippen LogP contribution is -2.15. The summed E-state index contributed by atoms with van der Waals surface area (Å²) in [5.74, 6) is -0.534. The van der Waals surface area contributed by atoms with Crippen LogP contribution in [0.3, 0.4) is 0 Å². The summed E-state index contributed by atoms with van der Waals surface area (Å²) in [6.45, 7) is 2.57. The second-order valence-corrected chi connectivity index (χ2v) is 4.76. The Morgan fingerprint density at radius 1 is 1.45 bits per heavy atom. The molecule has 0 aliphatic heterocycles. The molecule has 0 bridgehead atoms. The van der Waals surface area contributed by atoms with Gasteiger partial charge >= 0.3 is 5.97 Å². The summed E-state index contributed by atoms with van der Waals surface area (Å²) in [6.07, 6.45) is 1.70. The van der Waals surface area contributed by atoms with Gasteiger partial charge in [0.2, 0.25) is 0 Å². The van der Waals surface area contributed by atoms with Gasteiger partial charge in [0.25, 0.3) is 0 Å². The zero-order chi connectivity index (χ0) is 14.5. The first-order valence-electron chi connectivity index (χ1n) is 5.95. The molecule has 20 heavy (non-hydrogen) atoms. The molecular formula is C13H13BrN4O2. The smallest absolute Gasteiger partial charge is 0.380 e. The SMILES string of the molecule is CCn1cc(Br)c(C(=O)O/N=C(\N)c2ccccc2)n1. The molecule has 2 rings (SSSR count). The average molecular weight is 337 g/mol. The second kappa shape index (κ2) is 6.33. The second-order valence-electron chi connectivity index (χ2n) is 3.90. The number of hydrogen-bond donors (Lipinski definition) is 1. The van der Waals surface area contributed by atoms with Crippen LogP contribution < -0.4 is 5.73 Å². The quantitative estimate of drug-likeness (QED) is 0.401. The van der Waals surface area contributed by atoms with Crippen LogP contribution in [0.25, 0.3) is 0 Å². The maximum atomic E-state index is 11.8. The maximum Gasteiger partial charge on any atom is 0.387 e. The van der Waals surface area contributed by atoms with Crippen LogP contribution in [0.2, 0.25) is 0 Å². The van der Waals surface area contributed by atoms with Gasteiger partial charge in [0, 0.05) is 18.3 Å². The van der Waals surface area contributed by atoms with Crippen LogP contribution in [0, 0.1) is 0 Å². The highest BCUT2D eigenvalue weighted by atomic mass is 79.9. The molecule has 0 atom stereocenters. The molecule has 2 N–H and O–H groups in total. The van der Waals surface area contributed by atoms with Gasteiger partial charge in [0.05, 0.1) is 4.47 Å². The Kier molecular flexibility index (Phi) is 4.52. The third kappa shape index (κ3) is 3.24. The molecule has 0 unspecified atom stereocenters. The fraction of sp³-hybridized carbons (Fsp3) is 0.154. The highest BCUT2D eigenvalue weighted by Gasteiger charge is 2.17. The van der Waals surface area contributed by atoms with Crippen LogP contribution in [0.1, 0.15) is 23.0 Å². The van der Waals surface area contributed by atoms with Crippen LogP contribution in [0.5, 0.6) is 0 Å². The number of aryl methyl sites for hydroxylation is 1. The van der Waals surface area contributed by atoms with Gasteiger partial charge in [-0.3, -0.25) is 4.68 Å².